The molecule has 1 atom stereocenters. The maximum absolute atomic E-state index is 4.43. The molecule has 92 valence electrons. The number of nitrogens with zero attached hydrogens (tertiary/aromatic N) is 2. The molecule has 1 aromatic rings. The first-order chi connectivity index (χ1) is 7.67. The highest BCUT2D eigenvalue weighted by Gasteiger charge is 2.04. The second-order valence-corrected chi connectivity index (χ2v) is 5.37. The van der Waals surface area contributed by atoms with Crippen LogP contribution in [0.5, 0.6) is 0 Å². The van der Waals surface area contributed by atoms with Gasteiger partial charge in [-0.15, -0.1) is 0 Å². The topological polar surface area (TPSA) is 29.9 Å². The van der Waals surface area contributed by atoms with Crippen molar-refractivity contribution in [3.05, 3.63) is 17.5 Å². The van der Waals surface area contributed by atoms with Gasteiger partial charge in [0.05, 0.1) is 11.4 Å². The molecule has 0 aliphatic heterocycles. The molecule has 0 aliphatic rings. The van der Waals surface area contributed by atoms with Crippen LogP contribution in [0.15, 0.2) is 6.07 Å². The van der Waals surface area contributed by atoms with Crippen molar-refractivity contribution in [3.63, 3.8) is 0 Å². The van der Waals surface area contributed by atoms with E-state index in [-0.39, 0.29) is 0 Å². The normalized spacial score (nSPS) is 13.0. The highest BCUT2D eigenvalue weighted by molar-refractivity contribution is 9.09. The van der Waals surface area contributed by atoms with E-state index in [1.54, 1.807) is 0 Å². The first-order valence-electron chi connectivity index (χ1n) is 6.03. The summed E-state index contributed by atoms with van der Waals surface area (Å²) in [6.45, 7) is 6.30. The molecule has 0 saturated carbocycles. The molecule has 0 fully saturated rings. The Morgan fingerprint density at radius 3 is 2.81 bits per heavy atom. The highest BCUT2D eigenvalue weighted by Crippen LogP contribution is 2.08. The molecule has 3 nitrogen and oxygen atoms in total. The van der Waals surface area contributed by atoms with Crippen LogP contribution in [-0.4, -0.2) is 21.2 Å². The van der Waals surface area contributed by atoms with Gasteiger partial charge in [-0.05, 0) is 31.9 Å². The molecule has 1 heterocycles. The summed E-state index contributed by atoms with van der Waals surface area (Å²) >= 11 is 3.64. The van der Waals surface area contributed by atoms with Crippen LogP contribution >= 0.6 is 15.9 Å². The lowest BCUT2D eigenvalue weighted by Gasteiger charge is -2.08. The zero-order valence-electron chi connectivity index (χ0n) is 10.5. The van der Waals surface area contributed by atoms with Crippen LogP contribution in [0.1, 0.15) is 38.1 Å². The lowest BCUT2D eigenvalue weighted by molar-refractivity contribution is 0.596. The third-order valence-electron chi connectivity index (χ3n) is 2.77. The lowest BCUT2D eigenvalue weighted by Crippen LogP contribution is -2.19. The minimum atomic E-state index is 0.637. The molecule has 0 radical (unpaired) electrons. The van der Waals surface area contributed by atoms with E-state index < -0.39 is 0 Å². The summed E-state index contributed by atoms with van der Waals surface area (Å²) in [5.74, 6) is 0. The first kappa shape index (κ1) is 13.7. The number of alkyl halides is 1. The zero-order valence-corrected chi connectivity index (χ0v) is 12.0. The van der Waals surface area contributed by atoms with Gasteiger partial charge in [-0.25, -0.2) is 0 Å². The average molecular weight is 288 g/mol. The largest absolute Gasteiger partial charge is 0.311 e. The van der Waals surface area contributed by atoms with Crippen molar-refractivity contribution in [2.75, 3.05) is 6.54 Å². The van der Waals surface area contributed by atoms with Crippen molar-refractivity contribution in [1.82, 2.24) is 15.1 Å². The van der Waals surface area contributed by atoms with Crippen molar-refractivity contribution in [2.45, 2.75) is 44.5 Å². The van der Waals surface area contributed by atoms with E-state index in [1.807, 2.05) is 11.7 Å². The van der Waals surface area contributed by atoms with Crippen LogP contribution in [0.2, 0.25) is 0 Å². The SMILES string of the molecule is CCc1cc(CNCCC(Br)CC)n(C)n1. The number of aryl methyl sites for hydroxylation is 2. The zero-order chi connectivity index (χ0) is 12.0. The smallest absolute Gasteiger partial charge is 0.0625 e. The van der Waals surface area contributed by atoms with Crippen LogP contribution in [0, 0.1) is 0 Å². The molecule has 0 aromatic carbocycles. The van der Waals surface area contributed by atoms with E-state index in [1.165, 1.54) is 24.2 Å². The Kier molecular flexibility index (Phi) is 6.06. The molecule has 4 heteroatoms. The molecule has 16 heavy (non-hydrogen) atoms. The highest BCUT2D eigenvalue weighted by atomic mass is 79.9. The Labute approximate surface area is 107 Å². The molecule has 0 spiro atoms. The van der Waals surface area contributed by atoms with E-state index in [0.29, 0.717) is 4.83 Å². The molecule has 0 saturated heterocycles. The molecule has 0 amide bonds. The second-order valence-electron chi connectivity index (χ2n) is 4.08. The van der Waals surface area contributed by atoms with E-state index in [2.05, 4.69) is 46.3 Å². The molecular formula is C12H22BrN3. The Balaban J connectivity index is 2.28. The number of rotatable bonds is 7. The summed E-state index contributed by atoms with van der Waals surface area (Å²) < 4.78 is 1.97. The second kappa shape index (κ2) is 7.07. The predicted octanol–water partition coefficient (Wildman–Crippen LogP) is 2.64. The third kappa shape index (κ3) is 4.26. The number of hydrogen-bond donors (Lipinski definition) is 1. The number of aromatic nitrogens is 2. The summed E-state index contributed by atoms with van der Waals surface area (Å²) in [4.78, 5) is 0.637. The minimum absolute atomic E-state index is 0.637. The van der Waals surface area contributed by atoms with Gasteiger partial charge in [-0.2, -0.15) is 5.10 Å². The molecule has 0 bridgehead atoms. The fourth-order valence-corrected chi connectivity index (χ4v) is 1.82. The van der Waals surface area contributed by atoms with Crippen molar-refractivity contribution >= 4 is 15.9 Å². The Morgan fingerprint density at radius 2 is 2.25 bits per heavy atom. The summed E-state index contributed by atoms with van der Waals surface area (Å²) in [6, 6.07) is 2.18. The van der Waals surface area contributed by atoms with E-state index in [0.717, 1.165) is 19.5 Å². The van der Waals surface area contributed by atoms with Crippen LogP contribution in [-0.2, 0) is 20.0 Å². The van der Waals surface area contributed by atoms with Crippen molar-refractivity contribution in [2.24, 2.45) is 7.05 Å². The van der Waals surface area contributed by atoms with Gasteiger partial charge in [0.2, 0.25) is 0 Å². The maximum atomic E-state index is 4.43. The molecule has 1 unspecified atom stereocenters. The third-order valence-corrected chi connectivity index (χ3v) is 3.88. The van der Waals surface area contributed by atoms with E-state index in [4.69, 9.17) is 0 Å². The molecule has 0 aliphatic carbocycles. The fourth-order valence-electron chi connectivity index (χ4n) is 1.59. The fraction of sp³-hybridized carbons (Fsp3) is 0.750. The Bertz CT molecular complexity index is 309. The summed E-state index contributed by atoms with van der Waals surface area (Å²) in [6.07, 6.45) is 3.37. The van der Waals surface area contributed by atoms with Crippen LogP contribution in [0.4, 0.5) is 0 Å². The molecular weight excluding hydrogens is 266 g/mol. The van der Waals surface area contributed by atoms with E-state index in [9.17, 15) is 0 Å². The van der Waals surface area contributed by atoms with E-state index >= 15 is 0 Å². The van der Waals surface area contributed by atoms with Crippen molar-refractivity contribution in [1.29, 1.82) is 0 Å². The van der Waals surface area contributed by atoms with Crippen LogP contribution in [0.25, 0.3) is 0 Å². The van der Waals surface area contributed by atoms with Gasteiger partial charge < -0.3 is 5.32 Å². The molecule has 1 rings (SSSR count). The van der Waals surface area contributed by atoms with Crippen molar-refractivity contribution < 1.29 is 0 Å². The van der Waals surface area contributed by atoms with Gasteiger partial charge in [-0.3, -0.25) is 4.68 Å². The lowest BCUT2D eigenvalue weighted by atomic mass is 10.2. The standard InChI is InChI=1S/C12H22BrN3/c1-4-10(13)6-7-14-9-12-8-11(5-2)15-16(12)3/h8,10,14H,4-7,9H2,1-3H3. The Morgan fingerprint density at radius 1 is 1.50 bits per heavy atom. The van der Waals surface area contributed by atoms with Gasteiger partial charge in [0.15, 0.2) is 0 Å². The van der Waals surface area contributed by atoms with Crippen LogP contribution in [0.3, 0.4) is 0 Å². The van der Waals surface area contributed by atoms with Gasteiger partial charge in [0.25, 0.3) is 0 Å². The van der Waals surface area contributed by atoms with Gasteiger partial charge >= 0.3 is 0 Å². The van der Waals surface area contributed by atoms with Gasteiger partial charge in [-0.1, -0.05) is 29.8 Å². The summed E-state index contributed by atoms with van der Waals surface area (Å²) in [5.41, 5.74) is 2.44. The summed E-state index contributed by atoms with van der Waals surface area (Å²) in [7, 11) is 2.01. The van der Waals surface area contributed by atoms with Gasteiger partial charge in [0.1, 0.15) is 0 Å². The van der Waals surface area contributed by atoms with Gasteiger partial charge in [0, 0.05) is 18.4 Å². The van der Waals surface area contributed by atoms with Crippen LogP contribution < -0.4 is 5.32 Å². The number of hydrogen-bond acceptors (Lipinski definition) is 2. The maximum Gasteiger partial charge on any atom is 0.0625 e. The molecule has 1 aromatic heterocycles. The minimum Gasteiger partial charge on any atom is -0.311 e. The summed E-state index contributed by atoms with van der Waals surface area (Å²) in [5, 5.41) is 7.88. The predicted molar refractivity (Wildman–Crippen MR) is 71.9 cm³/mol. The number of nitrogens with one attached hydrogen (secondary N) is 1. The van der Waals surface area contributed by atoms with Crippen molar-refractivity contribution in [3.8, 4) is 0 Å². The average Bonchev–Trinajstić information content (AvgIpc) is 2.65. The Hall–Kier alpha value is -0.350. The first-order valence-corrected chi connectivity index (χ1v) is 6.95. The molecule has 1 N–H and O–H groups in total. The quantitative estimate of drug-likeness (QED) is 0.617. The monoisotopic (exact) mass is 287 g/mol. The number of halogens is 1.